The van der Waals surface area contributed by atoms with Crippen LogP contribution < -0.4 is 5.32 Å². The first-order chi connectivity index (χ1) is 8.19. The Labute approximate surface area is 109 Å². The van der Waals surface area contributed by atoms with E-state index < -0.39 is 0 Å². The van der Waals surface area contributed by atoms with Crippen molar-refractivity contribution in [3.63, 3.8) is 0 Å². The molecule has 4 heteroatoms. The first-order valence-corrected chi connectivity index (χ1v) is 6.78. The third-order valence-corrected chi connectivity index (χ3v) is 4.14. The third kappa shape index (κ3) is 2.24. The molecule has 2 fully saturated rings. The summed E-state index contributed by atoms with van der Waals surface area (Å²) >= 11 is 3.38. The Balaban J connectivity index is 1.75. The summed E-state index contributed by atoms with van der Waals surface area (Å²) in [5, 5.41) is 3.51. The van der Waals surface area contributed by atoms with Gasteiger partial charge in [-0.3, -0.25) is 4.79 Å². The number of nitrogens with zero attached hydrogens (tertiary/aromatic N) is 1. The maximum atomic E-state index is 12.3. The average Bonchev–Trinajstić information content (AvgIpc) is 3.08. The largest absolute Gasteiger partial charge is 0.336 e. The molecule has 0 unspecified atom stereocenters. The smallest absolute Gasteiger partial charge is 0.253 e. The first kappa shape index (κ1) is 11.2. The van der Waals surface area contributed by atoms with E-state index in [1.54, 1.807) is 0 Å². The highest BCUT2D eigenvalue weighted by Gasteiger charge is 2.46. The van der Waals surface area contributed by atoms with Crippen molar-refractivity contribution in [1.82, 2.24) is 10.2 Å². The van der Waals surface area contributed by atoms with Crippen LogP contribution >= 0.6 is 15.9 Å². The van der Waals surface area contributed by atoms with Crippen LogP contribution in [0.2, 0.25) is 0 Å². The summed E-state index contributed by atoms with van der Waals surface area (Å²) in [5.74, 6) is 0.158. The normalized spacial score (nSPS) is 21.6. The Bertz CT molecular complexity index is 439. The van der Waals surface area contributed by atoms with Crippen molar-refractivity contribution in [2.75, 3.05) is 19.6 Å². The summed E-state index contributed by atoms with van der Waals surface area (Å²) in [6, 6.07) is 7.60. The molecular weight excluding hydrogens is 280 g/mol. The maximum Gasteiger partial charge on any atom is 0.253 e. The Kier molecular flexibility index (Phi) is 2.71. The summed E-state index contributed by atoms with van der Waals surface area (Å²) in [4.78, 5) is 14.3. The lowest BCUT2D eigenvalue weighted by molar-refractivity contribution is 0.0691. The predicted octanol–water partition coefficient (Wildman–Crippen LogP) is 2.03. The molecule has 0 atom stereocenters. The van der Waals surface area contributed by atoms with Gasteiger partial charge in [0.25, 0.3) is 5.91 Å². The Morgan fingerprint density at radius 3 is 2.65 bits per heavy atom. The van der Waals surface area contributed by atoms with Crippen LogP contribution in [0.3, 0.4) is 0 Å². The van der Waals surface area contributed by atoms with Crippen LogP contribution in [-0.4, -0.2) is 36.0 Å². The average molecular weight is 295 g/mol. The zero-order valence-electron chi connectivity index (χ0n) is 9.58. The Morgan fingerprint density at radius 1 is 1.29 bits per heavy atom. The zero-order chi connectivity index (χ0) is 11.9. The van der Waals surface area contributed by atoms with E-state index in [4.69, 9.17) is 0 Å². The van der Waals surface area contributed by atoms with Gasteiger partial charge in [-0.25, -0.2) is 0 Å². The molecule has 1 heterocycles. The molecule has 1 spiro atoms. The van der Waals surface area contributed by atoms with E-state index in [0.29, 0.717) is 0 Å². The SMILES string of the molecule is O=C(c1ccc(Br)cc1)N1CCNC2(CC2)C1. The van der Waals surface area contributed by atoms with Gasteiger partial charge in [0.05, 0.1) is 0 Å². The molecule has 1 saturated heterocycles. The van der Waals surface area contributed by atoms with Gasteiger partial charge in [0.15, 0.2) is 0 Å². The molecule has 0 aromatic heterocycles. The summed E-state index contributed by atoms with van der Waals surface area (Å²) in [5.41, 5.74) is 1.04. The number of rotatable bonds is 1. The van der Waals surface area contributed by atoms with Gasteiger partial charge < -0.3 is 10.2 Å². The number of benzene rings is 1. The molecule has 1 aliphatic heterocycles. The van der Waals surface area contributed by atoms with E-state index in [2.05, 4.69) is 21.2 Å². The molecule has 1 aromatic rings. The number of nitrogens with one attached hydrogen (secondary N) is 1. The lowest BCUT2D eigenvalue weighted by atomic mass is 10.1. The highest BCUT2D eigenvalue weighted by atomic mass is 79.9. The number of hydrogen-bond donors (Lipinski definition) is 1. The van der Waals surface area contributed by atoms with E-state index in [1.165, 1.54) is 12.8 Å². The van der Waals surface area contributed by atoms with Crippen LogP contribution in [0.4, 0.5) is 0 Å². The highest BCUT2D eigenvalue weighted by molar-refractivity contribution is 9.10. The fourth-order valence-electron chi connectivity index (χ4n) is 2.39. The van der Waals surface area contributed by atoms with Crippen molar-refractivity contribution in [2.24, 2.45) is 0 Å². The third-order valence-electron chi connectivity index (χ3n) is 3.61. The molecule has 1 N–H and O–H groups in total. The zero-order valence-corrected chi connectivity index (χ0v) is 11.2. The van der Waals surface area contributed by atoms with Gasteiger partial charge in [-0.05, 0) is 37.1 Å². The number of piperazine rings is 1. The van der Waals surface area contributed by atoms with Crippen LogP contribution in [0.1, 0.15) is 23.2 Å². The van der Waals surface area contributed by atoms with E-state index in [9.17, 15) is 4.79 Å². The minimum Gasteiger partial charge on any atom is -0.336 e. The standard InChI is InChI=1S/C13H15BrN2O/c14-11-3-1-10(2-4-11)12(17)16-8-7-15-13(9-16)5-6-13/h1-4,15H,5-9H2. The molecule has 1 saturated carbocycles. The molecule has 1 aromatic carbocycles. The second-order valence-electron chi connectivity index (χ2n) is 4.94. The van der Waals surface area contributed by atoms with Crippen LogP contribution in [-0.2, 0) is 0 Å². The number of amides is 1. The van der Waals surface area contributed by atoms with Crippen molar-refractivity contribution in [2.45, 2.75) is 18.4 Å². The fraction of sp³-hybridized carbons (Fsp3) is 0.462. The topological polar surface area (TPSA) is 32.3 Å². The van der Waals surface area contributed by atoms with Gasteiger partial charge in [0.2, 0.25) is 0 Å². The Morgan fingerprint density at radius 2 is 2.00 bits per heavy atom. The molecule has 3 rings (SSSR count). The van der Waals surface area contributed by atoms with Gasteiger partial charge in [-0.1, -0.05) is 15.9 Å². The predicted molar refractivity (Wildman–Crippen MR) is 70.0 cm³/mol. The van der Waals surface area contributed by atoms with Crippen LogP contribution in [0.15, 0.2) is 28.7 Å². The van der Waals surface area contributed by atoms with Crippen LogP contribution in [0.25, 0.3) is 0 Å². The van der Waals surface area contributed by atoms with Crippen molar-refractivity contribution >= 4 is 21.8 Å². The van der Waals surface area contributed by atoms with Gasteiger partial charge >= 0.3 is 0 Å². The second-order valence-corrected chi connectivity index (χ2v) is 5.86. The first-order valence-electron chi connectivity index (χ1n) is 5.98. The maximum absolute atomic E-state index is 12.3. The molecule has 17 heavy (non-hydrogen) atoms. The van der Waals surface area contributed by atoms with Gasteiger partial charge in [-0.15, -0.1) is 0 Å². The van der Waals surface area contributed by atoms with Crippen molar-refractivity contribution < 1.29 is 4.79 Å². The summed E-state index contributed by atoms with van der Waals surface area (Å²) in [6.45, 7) is 2.60. The molecule has 1 amide bonds. The van der Waals surface area contributed by atoms with E-state index in [1.807, 2.05) is 29.2 Å². The number of carbonyl (C=O) groups is 1. The van der Waals surface area contributed by atoms with Crippen molar-refractivity contribution in [3.05, 3.63) is 34.3 Å². The summed E-state index contributed by atoms with van der Waals surface area (Å²) < 4.78 is 1.01. The Hall–Kier alpha value is -0.870. The monoisotopic (exact) mass is 294 g/mol. The van der Waals surface area contributed by atoms with E-state index in [0.717, 1.165) is 29.7 Å². The van der Waals surface area contributed by atoms with Gasteiger partial charge in [-0.2, -0.15) is 0 Å². The minimum atomic E-state index is 0.158. The van der Waals surface area contributed by atoms with E-state index in [-0.39, 0.29) is 11.4 Å². The van der Waals surface area contributed by atoms with Crippen LogP contribution in [0.5, 0.6) is 0 Å². The lowest BCUT2D eigenvalue weighted by Crippen LogP contribution is -2.54. The van der Waals surface area contributed by atoms with Crippen LogP contribution in [0, 0.1) is 0 Å². The quantitative estimate of drug-likeness (QED) is 0.860. The highest BCUT2D eigenvalue weighted by Crippen LogP contribution is 2.37. The van der Waals surface area contributed by atoms with Gasteiger partial charge in [0.1, 0.15) is 0 Å². The molecule has 0 bridgehead atoms. The number of hydrogen-bond acceptors (Lipinski definition) is 2. The molecule has 1 aliphatic carbocycles. The fourth-order valence-corrected chi connectivity index (χ4v) is 2.65. The van der Waals surface area contributed by atoms with Gasteiger partial charge in [0, 0.05) is 35.2 Å². The molecule has 90 valence electrons. The van der Waals surface area contributed by atoms with E-state index >= 15 is 0 Å². The summed E-state index contributed by atoms with van der Waals surface area (Å²) in [6.07, 6.45) is 2.41. The molecular formula is C13H15BrN2O. The number of halogens is 1. The molecule has 3 nitrogen and oxygen atoms in total. The minimum absolute atomic E-state index is 0.158. The number of carbonyl (C=O) groups excluding carboxylic acids is 1. The van der Waals surface area contributed by atoms with Crippen molar-refractivity contribution in [3.8, 4) is 0 Å². The molecule has 2 aliphatic rings. The lowest BCUT2D eigenvalue weighted by Gasteiger charge is -2.34. The second kappa shape index (κ2) is 4.10. The van der Waals surface area contributed by atoms with Crippen molar-refractivity contribution in [1.29, 1.82) is 0 Å². The summed E-state index contributed by atoms with van der Waals surface area (Å²) in [7, 11) is 0. The molecule has 0 radical (unpaired) electrons.